The monoisotopic (exact) mass is 227 g/mol. The standard InChI is InChI=1S/C8H13N5O3/c1-11-6-9-7(13(14)15)8(11)10-12-2-4-16-5-3-12/h6,10H,2-5H2,1H3. The van der Waals surface area contributed by atoms with E-state index in [1.54, 1.807) is 11.6 Å². The Labute approximate surface area is 91.9 Å². The van der Waals surface area contributed by atoms with Crippen LogP contribution in [-0.2, 0) is 11.8 Å². The number of nitrogens with one attached hydrogen (secondary N) is 1. The predicted octanol–water partition coefficient (Wildman–Crippen LogP) is -0.0126. The van der Waals surface area contributed by atoms with E-state index >= 15 is 0 Å². The van der Waals surface area contributed by atoms with Crippen LogP contribution >= 0.6 is 0 Å². The van der Waals surface area contributed by atoms with Crippen molar-refractivity contribution in [3.63, 3.8) is 0 Å². The minimum Gasteiger partial charge on any atom is -0.379 e. The van der Waals surface area contributed by atoms with E-state index < -0.39 is 4.92 Å². The summed E-state index contributed by atoms with van der Waals surface area (Å²) in [6.07, 6.45) is 1.42. The molecule has 0 saturated carbocycles. The Bertz CT molecular complexity index is 385. The molecule has 1 aromatic rings. The quantitative estimate of drug-likeness (QED) is 0.577. The molecule has 1 fully saturated rings. The van der Waals surface area contributed by atoms with Gasteiger partial charge in [-0.05, 0) is 9.91 Å². The SMILES string of the molecule is Cn1cnc([N+](=O)[O-])c1NN1CCOCC1. The number of aryl methyl sites for hydroxylation is 1. The molecule has 8 nitrogen and oxygen atoms in total. The Kier molecular flexibility index (Phi) is 3.02. The number of nitrogens with zero attached hydrogens (tertiary/aromatic N) is 4. The molecule has 0 bridgehead atoms. The van der Waals surface area contributed by atoms with Crippen LogP contribution in [0, 0.1) is 10.1 Å². The summed E-state index contributed by atoms with van der Waals surface area (Å²) in [5, 5.41) is 12.6. The first-order chi connectivity index (χ1) is 7.68. The van der Waals surface area contributed by atoms with Gasteiger partial charge in [0.15, 0.2) is 0 Å². The maximum absolute atomic E-state index is 10.7. The Balaban J connectivity index is 2.12. The Morgan fingerprint density at radius 1 is 1.56 bits per heavy atom. The number of morpholine rings is 1. The molecule has 0 unspecified atom stereocenters. The number of anilines is 1. The zero-order valence-corrected chi connectivity index (χ0v) is 8.92. The molecule has 0 aromatic carbocycles. The smallest absolute Gasteiger partial charge is 0.379 e. The predicted molar refractivity (Wildman–Crippen MR) is 55.9 cm³/mol. The maximum atomic E-state index is 10.7. The van der Waals surface area contributed by atoms with E-state index in [9.17, 15) is 10.1 Å². The van der Waals surface area contributed by atoms with Crippen LogP contribution < -0.4 is 5.43 Å². The normalized spacial score (nSPS) is 17.3. The maximum Gasteiger partial charge on any atom is 0.407 e. The van der Waals surface area contributed by atoms with Crippen LogP contribution in [0.15, 0.2) is 6.33 Å². The van der Waals surface area contributed by atoms with E-state index in [1.165, 1.54) is 6.33 Å². The molecule has 0 atom stereocenters. The fraction of sp³-hybridized carbons (Fsp3) is 0.625. The number of hydrogen-bond acceptors (Lipinski definition) is 6. The third-order valence-corrected chi connectivity index (χ3v) is 2.37. The highest BCUT2D eigenvalue weighted by molar-refractivity contribution is 5.51. The first-order valence-corrected chi connectivity index (χ1v) is 4.93. The average molecular weight is 227 g/mol. The van der Waals surface area contributed by atoms with Gasteiger partial charge in [0.05, 0.1) is 13.2 Å². The zero-order valence-electron chi connectivity index (χ0n) is 8.92. The summed E-state index contributed by atoms with van der Waals surface area (Å²) in [5.74, 6) is 0.237. The summed E-state index contributed by atoms with van der Waals surface area (Å²) < 4.78 is 6.78. The van der Waals surface area contributed by atoms with Gasteiger partial charge in [-0.25, -0.2) is 5.01 Å². The average Bonchev–Trinajstić information content (AvgIpc) is 2.62. The fourth-order valence-corrected chi connectivity index (χ4v) is 1.51. The highest BCUT2D eigenvalue weighted by Gasteiger charge is 2.22. The Morgan fingerprint density at radius 2 is 2.25 bits per heavy atom. The molecule has 1 aromatic heterocycles. The van der Waals surface area contributed by atoms with Gasteiger partial charge in [-0.2, -0.15) is 0 Å². The summed E-state index contributed by atoms with van der Waals surface area (Å²) in [6, 6.07) is 0. The molecule has 0 amide bonds. The summed E-state index contributed by atoms with van der Waals surface area (Å²) >= 11 is 0. The van der Waals surface area contributed by atoms with Crippen LogP contribution in [0.1, 0.15) is 0 Å². The third kappa shape index (κ3) is 2.12. The van der Waals surface area contributed by atoms with Gasteiger partial charge in [0.2, 0.25) is 12.1 Å². The summed E-state index contributed by atoms with van der Waals surface area (Å²) in [6.45, 7) is 2.64. The van der Waals surface area contributed by atoms with Crippen molar-refractivity contribution >= 4 is 11.6 Å². The lowest BCUT2D eigenvalue weighted by molar-refractivity contribution is -0.388. The number of hydrazine groups is 1. The number of ether oxygens (including phenoxy) is 1. The van der Waals surface area contributed by atoms with E-state index in [2.05, 4.69) is 10.4 Å². The molecular formula is C8H13N5O3. The molecule has 2 heterocycles. The van der Waals surface area contributed by atoms with Crippen LogP contribution in [0.5, 0.6) is 0 Å². The summed E-state index contributed by atoms with van der Waals surface area (Å²) in [5.41, 5.74) is 2.99. The van der Waals surface area contributed by atoms with E-state index in [0.29, 0.717) is 32.1 Å². The Morgan fingerprint density at radius 3 is 2.88 bits per heavy atom. The van der Waals surface area contributed by atoms with Crippen LogP contribution in [0.4, 0.5) is 11.6 Å². The second-order valence-electron chi connectivity index (χ2n) is 3.50. The zero-order chi connectivity index (χ0) is 11.5. The molecule has 0 aliphatic carbocycles. The van der Waals surface area contributed by atoms with Crippen LogP contribution in [-0.4, -0.2) is 45.8 Å². The lowest BCUT2D eigenvalue weighted by atomic mass is 10.5. The lowest BCUT2D eigenvalue weighted by Crippen LogP contribution is -2.40. The lowest BCUT2D eigenvalue weighted by Gasteiger charge is -2.27. The van der Waals surface area contributed by atoms with Gasteiger partial charge in [-0.1, -0.05) is 0 Å². The van der Waals surface area contributed by atoms with Crippen molar-refractivity contribution in [1.82, 2.24) is 14.6 Å². The summed E-state index contributed by atoms with van der Waals surface area (Å²) in [4.78, 5) is 14.0. The molecule has 1 aliphatic heterocycles. The molecule has 8 heteroatoms. The molecule has 1 aliphatic rings. The van der Waals surface area contributed by atoms with Crippen molar-refractivity contribution in [3.05, 3.63) is 16.4 Å². The van der Waals surface area contributed by atoms with Gasteiger partial charge in [-0.3, -0.25) is 9.99 Å². The van der Waals surface area contributed by atoms with Gasteiger partial charge in [-0.15, -0.1) is 0 Å². The van der Waals surface area contributed by atoms with Crippen molar-refractivity contribution in [2.24, 2.45) is 7.05 Å². The van der Waals surface area contributed by atoms with Crippen molar-refractivity contribution in [2.75, 3.05) is 31.7 Å². The second kappa shape index (κ2) is 4.45. The number of hydrogen-bond donors (Lipinski definition) is 1. The topological polar surface area (TPSA) is 85.5 Å². The fourth-order valence-electron chi connectivity index (χ4n) is 1.51. The first-order valence-electron chi connectivity index (χ1n) is 4.93. The molecule has 0 radical (unpaired) electrons. The van der Waals surface area contributed by atoms with Gasteiger partial charge in [0.25, 0.3) is 0 Å². The van der Waals surface area contributed by atoms with E-state index in [-0.39, 0.29) is 5.82 Å². The molecule has 1 N–H and O–H groups in total. The van der Waals surface area contributed by atoms with Crippen molar-refractivity contribution in [1.29, 1.82) is 0 Å². The minimum absolute atomic E-state index is 0.158. The van der Waals surface area contributed by atoms with Crippen LogP contribution in [0.3, 0.4) is 0 Å². The molecule has 88 valence electrons. The second-order valence-corrected chi connectivity index (χ2v) is 3.50. The van der Waals surface area contributed by atoms with Crippen LogP contribution in [0.25, 0.3) is 0 Å². The van der Waals surface area contributed by atoms with Crippen molar-refractivity contribution in [2.45, 2.75) is 0 Å². The number of imidazole rings is 1. The van der Waals surface area contributed by atoms with Gasteiger partial charge in [0.1, 0.15) is 0 Å². The van der Waals surface area contributed by atoms with Gasteiger partial charge in [0, 0.05) is 20.1 Å². The highest BCUT2D eigenvalue weighted by atomic mass is 16.6. The van der Waals surface area contributed by atoms with Gasteiger partial charge >= 0.3 is 5.82 Å². The number of aromatic nitrogens is 2. The molecule has 16 heavy (non-hydrogen) atoms. The first kappa shape index (κ1) is 10.8. The molecule has 1 saturated heterocycles. The number of rotatable bonds is 3. The van der Waals surface area contributed by atoms with E-state index in [4.69, 9.17) is 4.74 Å². The van der Waals surface area contributed by atoms with E-state index in [0.717, 1.165) is 0 Å². The highest BCUT2D eigenvalue weighted by Crippen LogP contribution is 2.21. The molecule has 2 rings (SSSR count). The minimum atomic E-state index is -0.497. The summed E-state index contributed by atoms with van der Waals surface area (Å²) in [7, 11) is 1.71. The van der Waals surface area contributed by atoms with Crippen molar-refractivity contribution in [3.8, 4) is 0 Å². The Hall–Kier alpha value is -1.67. The third-order valence-electron chi connectivity index (χ3n) is 2.37. The molecular weight excluding hydrogens is 214 g/mol. The van der Waals surface area contributed by atoms with Crippen LogP contribution in [0.2, 0.25) is 0 Å². The molecule has 0 spiro atoms. The van der Waals surface area contributed by atoms with Gasteiger partial charge < -0.3 is 14.9 Å². The number of nitro groups is 1. The largest absolute Gasteiger partial charge is 0.407 e. The van der Waals surface area contributed by atoms with Crippen molar-refractivity contribution < 1.29 is 9.66 Å². The van der Waals surface area contributed by atoms with E-state index in [1.807, 2.05) is 5.01 Å².